The molecule has 2 aromatic carbocycles. The quantitative estimate of drug-likeness (QED) is 0.476. The molecule has 3 N–H and O–H groups in total. The van der Waals surface area contributed by atoms with E-state index in [1.165, 1.54) is 12.1 Å². The Morgan fingerprint density at radius 1 is 1.03 bits per heavy atom. The number of ether oxygens (including phenoxy) is 1. The van der Waals surface area contributed by atoms with Gasteiger partial charge in [0.2, 0.25) is 11.8 Å². The molecule has 4 rings (SSSR count). The van der Waals surface area contributed by atoms with Crippen LogP contribution in [0.5, 0.6) is 5.75 Å². The average Bonchev–Trinajstić information content (AvgIpc) is 2.96. The number of halogens is 1. The van der Waals surface area contributed by atoms with Gasteiger partial charge in [-0.15, -0.1) is 0 Å². The fraction of sp³-hybridized carbons (Fsp3) is 0.548. The minimum Gasteiger partial charge on any atom is -0.497 e. The van der Waals surface area contributed by atoms with Gasteiger partial charge in [-0.05, 0) is 92.3 Å². The van der Waals surface area contributed by atoms with E-state index in [2.05, 4.69) is 16.3 Å². The number of piperidine rings is 1. The van der Waals surface area contributed by atoms with Crippen LogP contribution in [0.2, 0.25) is 0 Å². The van der Waals surface area contributed by atoms with Crippen LogP contribution in [0.25, 0.3) is 0 Å². The Labute approximate surface area is 231 Å². The summed E-state index contributed by atoms with van der Waals surface area (Å²) in [6.07, 6.45) is 5.71. The minimum absolute atomic E-state index is 0.0704. The molecule has 1 unspecified atom stereocenters. The fourth-order valence-electron chi connectivity index (χ4n) is 6.08. The second-order valence-electron chi connectivity index (χ2n) is 11.2. The number of nitrogens with one attached hydrogen (secondary N) is 1. The lowest BCUT2D eigenvalue weighted by Gasteiger charge is -2.43. The van der Waals surface area contributed by atoms with Crippen molar-refractivity contribution in [2.75, 3.05) is 26.7 Å². The van der Waals surface area contributed by atoms with E-state index in [1.807, 2.05) is 30.3 Å². The highest BCUT2D eigenvalue weighted by atomic mass is 19.1. The maximum absolute atomic E-state index is 13.6. The van der Waals surface area contributed by atoms with Crippen LogP contribution in [0.1, 0.15) is 56.6 Å². The van der Waals surface area contributed by atoms with E-state index in [0.717, 1.165) is 55.5 Å². The van der Waals surface area contributed by atoms with Crippen molar-refractivity contribution < 1.29 is 18.7 Å². The molecule has 0 aromatic heterocycles. The summed E-state index contributed by atoms with van der Waals surface area (Å²) >= 11 is 0. The fourth-order valence-corrected chi connectivity index (χ4v) is 6.08. The van der Waals surface area contributed by atoms with Crippen LogP contribution < -0.4 is 15.8 Å². The third-order valence-electron chi connectivity index (χ3n) is 8.48. The molecule has 1 saturated heterocycles. The van der Waals surface area contributed by atoms with Gasteiger partial charge in [-0.1, -0.05) is 24.3 Å². The molecular formula is C31H43FN4O3. The zero-order valence-corrected chi connectivity index (χ0v) is 23.3. The Morgan fingerprint density at radius 2 is 1.72 bits per heavy atom. The summed E-state index contributed by atoms with van der Waals surface area (Å²) in [4.78, 5) is 30.1. The van der Waals surface area contributed by atoms with Crippen molar-refractivity contribution in [3.05, 3.63) is 65.5 Å². The first-order valence-electron chi connectivity index (χ1n) is 14.2. The number of nitrogens with two attached hydrogens (primary N) is 1. The molecule has 1 heterocycles. The highest BCUT2D eigenvalue weighted by Crippen LogP contribution is 2.29. The van der Waals surface area contributed by atoms with Gasteiger partial charge >= 0.3 is 0 Å². The van der Waals surface area contributed by atoms with Crippen molar-refractivity contribution in [1.29, 1.82) is 0 Å². The number of hydrogen-bond donors (Lipinski definition) is 2. The number of amides is 2. The van der Waals surface area contributed by atoms with Crippen molar-refractivity contribution in [2.24, 2.45) is 17.6 Å². The molecule has 1 saturated carbocycles. The molecule has 0 spiro atoms. The molecule has 2 aliphatic rings. The van der Waals surface area contributed by atoms with Crippen LogP contribution in [0.4, 0.5) is 4.39 Å². The second-order valence-corrected chi connectivity index (χ2v) is 11.2. The molecule has 7 nitrogen and oxygen atoms in total. The molecule has 2 amide bonds. The van der Waals surface area contributed by atoms with Crippen LogP contribution >= 0.6 is 0 Å². The van der Waals surface area contributed by atoms with E-state index in [4.69, 9.17) is 10.5 Å². The first-order chi connectivity index (χ1) is 18.9. The topological polar surface area (TPSA) is 87.9 Å². The zero-order valence-electron chi connectivity index (χ0n) is 23.3. The van der Waals surface area contributed by atoms with Crippen molar-refractivity contribution in [2.45, 2.75) is 70.6 Å². The Morgan fingerprint density at radius 3 is 2.38 bits per heavy atom. The third kappa shape index (κ3) is 8.02. The standard InChI is InChI=1S/C31H43FN4O3/c1-22(37)36-15-14-28(17-30(36)31(38)34-19-24-8-6-23(18-33)7-9-24)35(20-25-10-12-27(32)13-11-25)21-26-4-3-5-29(16-26)39-2/h3-5,10-13,16,23-24,28,30H,6-9,14-15,17-21,33H2,1-2H3,(H,34,38)/t23?,24?,28?,30-/m1/s1. The summed E-state index contributed by atoms with van der Waals surface area (Å²) in [6.45, 7) is 4.71. The predicted molar refractivity (Wildman–Crippen MR) is 150 cm³/mol. The smallest absolute Gasteiger partial charge is 0.242 e. The van der Waals surface area contributed by atoms with Crippen LogP contribution in [0.3, 0.4) is 0 Å². The summed E-state index contributed by atoms with van der Waals surface area (Å²) in [5.74, 6) is 1.44. The van der Waals surface area contributed by atoms with Gasteiger partial charge in [-0.25, -0.2) is 4.39 Å². The first-order valence-corrected chi connectivity index (χ1v) is 14.2. The lowest BCUT2D eigenvalue weighted by Crippen LogP contribution is -2.57. The maximum atomic E-state index is 13.6. The highest BCUT2D eigenvalue weighted by molar-refractivity contribution is 5.87. The normalized spacial score (nSPS) is 23.5. The molecule has 1 aliphatic heterocycles. The number of rotatable bonds is 10. The van der Waals surface area contributed by atoms with Crippen molar-refractivity contribution in [3.63, 3.8) is 0 Å². The number of benzene rings is 2. The number of carbonyl (C=O) groups is 2. The Kier molecular flexibility index (Phi) is 10.3. The highest BCUT2D eigenvalue weighted by Gasteiger charge is 2.37. The van der Waals surface area contributed by atoms with Crippen LogP contribution in [0, 0.1) is 17.7 Å². The van der Waals surface area contributed by atoms with Crippen LogP contribution in [-0.4, -0.2) is 60.4 Å². The lowest BCUT2D eigenvalue weighted by atomic mass is 9.82. The number of hydrogen-bond acceptors (Lipinski definition) is 5. The maximum Gasteiger partial charge on any atom is 0.242 e. The van der Waals surface area contributed by atoms with Crippen LogP contribution in [-0.2, 0) is 22.7 Å². The number of carbonyl (C=O) groups excluding carboxylic acids is 2. The van der Waals surface area contributed by atoms with Gasteiger partial charge in [0.05, 0.1) is 7.11 Å². The predicted octanol–water partition coefficient (Wildman–Crippen LogP) is 4.10. The molecule has 8 heteroatoms. The summed E-state index contributed by atoms with van der Waals surface area (Å²) in [7, 11) is 1.65. The monoisotopic (exact) mass is 538 g/mol. The molecule has 212 valence electrons. The van der Waals surface area contributed by atoms with E-state index in [-0.39, 0.29) is 23.7 Å². The lowest BCUT2D eigenvalue weighted by molar-refractivity contribution is -0.142. The minimum atomic E-state index is -0.511. The molecule has 2 atom stereocenters. The summed E-state index contributed by atoms with van der Waals surface area (Å²) in [5.41, 5.74) is 7.93. The van der Waals surface area contributed by atoms with Crippen molar-refractivity contribution in [3.8, 4) is 5.75 Å². The van der Waals surface area contributed by atoms with Crippen molar-refractivity contribution >= 4 is 11.8 Å². The summed E-state index contributed by atoms with van der Waals surface area (Å²) in [5, 5.41) is 3.18. The largest absolute Gasteiger partial charge is 0.497 e. The van der Waals surface area contributed by atoms with Gasteiger partial charge in [0, 0.05) is 39.1 Å². The number of methoxy groups -OCH3 is 1. The molecule has 1 aliphatic carbocycles. The van der Waals surface area contributed by atoms with Gasteiger partial charge in [0.1, 0.15) is 17.6 Å². The Bertz CT molecular complexity index is 1090. The van der Waals surface area contributed by atoms with Gasteiger partial charge < -0.3 is 20.7 Å². The van der Waals surface area contributed by atoms with E-state index in [0.29, 0.717) is 44.4 Å². The van der Waals surface area contributed by atoms with E-state index in [1.54, 1.807) is 18.9 Å². The van der Waals surface area contributed by atoms with Crippen LogP contribution in [0.15, 0.2) is 48.5 Å². The molecule has 2 fully saturated rings. The second kappa shape index (κ2) is 13.9. The zero-order chi connectivity index (χ0) is 27.8. The SMILES string of the molecule is COc1cccc(CN(Cc2ccc(F)cc2)C2CCN(C(C)=O)[C@@H](C(=O)NCC3CCC(CN)CC3)C2)c1. The van der Waals surface area contributed by atoms with E-state index in [9.17, 15) is 14.0 Å². The Balaban J connectivity index is 1.48. The Hall–Kier alpha value is -2.97. The first kappa shape index (κ1) is 29.0. The summed E-state index contributed by atoms with van der Waals surface area (Å²) in [6, 6.07) is 14.1. The average molecular weight is 539 g/mol. The van der Waals surface area contributed by atoms with E-state index >= 15 is 0 Å². The molecule has 0 bridgehead atoms. The molecule has 39 heavy (non-hydrogen) atoms. The third-order valence-corrected chi connectivity index (χ3v) is 8.48. The van der Waals surface area contributed by atoms with Gasteiger partial charge in [0.25, 0.3) is 0 Å². The van der Waals surface area contributed by atoms with E-state index < -0.39 is 6.04 Å². The molecule has 2 aromatic rings. The van der Waals surface area contributed by atoms with Gasteiger partial charge in [-0.3, -0.25) is 14.5 Å². The van der Waals surface area contributed by atoms with Gasteiger partial charge in [-0.2, -0.15) is 0 Å². The molecular weight excluding hydrogens is 495 g/mol. The van der Waals surface area contributed by atoms with Crippen molar-refractivity contribution in [1.82, 2.24) is 15.1 Å². The number of nitrogens with zero attached hydrogens (tertiary/aromatic N) is 2. The molecule has 0 radical (unpaired) electrons. The van der Waals surface area contributed by atoms with Gasteiger partial charge in [0.15, 0.2) is 0 Å². The summed E-state index contributed by atoms with van der Waals surface area (Å²) < 4.78 is 19.0. The number of likely N-dealkylation sites (tertiary alicyclic amines) is 1.